The zero-order valence-corrected chi connectivity index (χ0v) is 23.3. The van der Waals surface area contributed by atoms with Gasteiger partial charge in [0.15, 0.2) is 0 Å². The van der Waals surface area contributed by atoms with Crippen LogP contribution in [0.5, 0.6) is 0 Å². The van der Waals surface area contributed by atoms with E-state index >= 15 is 0 Å². The molecule has 2 heterocycles. The second-order valence-corrected chi connectivity index (χ2v) is 12.3. The van der Waals surface area contributed by atoms with E-state index in [2.05, 4.69) is 56.5 Å². The van der Waals surface area contributed by atoms with Crippen LogP contribution in [0.15, 0.2) is 66.1 Å². The highest BCUT2D eigenvalue weighted by molar-refractivity contribution is 7.10. The maximum atomic E-state index is 13.8. The molecular formula is C31H33N3O4S. The van der Waals surface area contributed by atoms with E-state index in [1.165, 1.54) is 34.2 Å². The first kappa shape index (κ1) is 26.8. The van der Waals surface area contributed by atoms with Gasteiger partial charge in [0.05, 0.1) is 11.0 Å². The number of carbonyl (C=O) groups is 2. The van der Waals surface area contributed by atoms with E-state index in [0.29, 0.717) is 12.1 Å². The van der Waals surface area contributed by atoms with Crippen molar-refractivity contribution in [3.8, 4) is 0 Å². The molecule has 2 amide bonds. The van der Waals surface area contributed by atoms with E-state index in [0.717, 1.165) is 24.8 Å². The van der Waals surface area contributed by atoms with Crippen LogP contribution in [0.4, 0.5) is 5.69 Å². The number of hydrogen-bond acceptors (Lipinski definition) is 5. The Morgan fingerprint density at radius 1 is 1.08 bits per heavy atom. The van der Waals surface area contributed by atoms with Crippen molar-refractivity contribution in [1.82, 2.24) is 9.80 Å². The highest BCUT2D eigenvalue weighted by Gasteiger charge is 2.37. The largest absolute Gasteiger partial charge is 0.330 e. The number of non-ortho nitro benzene ring substituents is 1. The Balaban J connectivity index is 1.35. The van der Waals surface area contributed by atoms with Crippen LogP contribution in [0.25, 0.3) is 6.08 Å². The van der Waals surface area contributed by atoms with E-state index in [1.54, 1.807) is 34.4 Å². The number of hydrogen-bond donors (Lipinski definition) is 0. The molecule has 0 spiro atoms. The van der Waals surface area contributed by atoms with Gasteiger partial charge < -0.3 is 9.80 Å². The number of nitro groups is 1. The minimum absolute atomic E-state index is 0.00147. The number of nitro benzene ring substituents is 1. The molecule has 39 heavy (non-hydrogen) atoms. The van der Waals surface area contributed by atoms with Gasteiger partial charge in [0.1, 0.15) is 6.54 Å². The summed E-state index contributed by atoms with van der Waals surface area (Å²) < 4.78 is 0. The number of nitrogens with zero attached hydrogens (tertiary/aromatic N) is 3. The summed E-state index contributed by atoms with van der Waals surface area (Å²) in [6.45, 7) is 7.21. The first-order chi connectivity index (χ1) is 18.6. The Morgan fingerprint density at radius 2 is 1.77 bits per heavy atom. The quantitative estimate of drug-likeness (QED) is 0.204. The van der Waals surface area contributed by atoms with Crippen LogP contribution in [-0.4, -0.2) is 45.7 Å². The second-order valence-electron chi connectivity index (χ2n) is 11.3. The maximum Gasteiger partial charge on any atom is 0.269 e. The standard InChI is InChI=1S/C31H33N3O4S/c1-31(2,3)23-9-7-22(8-10-23)30-26-17-19-39-27(26)16-18-32(30)29(36)20-33(24-13-14-24)28(35)15-6-21-4-11-25(12-5-21)34(37)38/h4-12,15,17,19,24,30H,13-14,16,18,20H2,1-3H3. The predicted octanol–water partition coefficient (Wildman–Crippen LogP) is 6.13. The van der Waals surface area contributed by atoms with Crippen LogP contribution in [-0.2, 0) is 21.4 Å². The fourth-order valence-corrected chi connectivity index (χ4v) is 5.99. The summed E-state index contributed by atoms with van der Waals surface area (Å²) in [5, 5.41) is 13.0. The fourth-order valence-electron chi connectivity index (χ4n) is 5.09. The Morgan fingerprint density at radius 3 is 2.38 bits per heavy atom. The van der Waals surface area contributed by atoms with Gasteiger partial charge >= 0.3 is 0 Å². The van der Waals surface area contributed by atoms with Gasteiger partial charge in [-0.05, 0) is 76.6 Å². The average Bonchev–Trinajstić information content (AvgIpc) is 3.65. The van der Waals surface area contributed by atoms with Crippen LogP contribution in [0.1, 0.15) is 66.8 Å². The Hall–Kier alpha value is -3.78. The van der Waals surface area contributed by atoms with Crippen molar-refractivity contribution in [2.24, 2.45) is 0 Å². The number of carbonyl (C=O) groups excluding carboxylic acids is 2. The van der Waals surface area contributed by atoms with Crippen LogP contribution in [0.2, 0.25) is 0 Å². The molecular weight excluding hydrogens is 510 g/mol. The number of thiophene rings is 1. The summed E-state index contributed by atoms with van der Waals surface area (Å²) >= 11 is 1.74. The van der Waals surface area contributed by atoms with Crippen molar-refractivity contribution in [1.29, 1.82) is 0 Å². The Bertz CT molecular complexity index is 1400. The SMILES string of the molecule is CC(C)(C)c1ccc(C2c3ccsc3CCN2C(=O)CN(C(=O)C=Cc2ccc([N+](=O)[O-])cc2)C2CC2)cc1. The molecule has 1 fully saturated rings. The van der Waals surface area contributed by atoms with E-state index in [4.69, 9.17) is 0 Å². The first-order valence-electron chi connectivity index (χ1n) is 13.3. The van der Waals surface area contributed by atoms with Crippen molar-refractivity contribution in [2.45, 2.75) is 57.5 Å². The van der Waals surface area contributed by atoms with Gasteiger partial charge in [-0.25, -0.2) is 0 Å². The average molecular weight is 544 g/mol. The summed E-state index contributed by atoms with van der Waals surface area (Å²) in [7, 11) is 0. The lowest BCUT2D eigenvalue weighted by Crippen LogP contribution is -2.47. The molecule has 1 aromatic heterocycles. The number of rotatable bonds is 7. The molecule has 0 radical (unpaired) electrons. The summed E-state index contributed by atoms with van der Waals surface area (Å²) in [4.78, 5) is 42.4. The summed E-state index contributed by atoms with van der Waals surface area (Å²) in [5.41, 5.74) is 4.23. The lowest BCUT2D eigenvalue weighted by Gasteiger charge is -2.37. The molecule has 1 saturated carbocycles. The molecule has 1 atom stereocenters. The smallest absolute Gasteiger partial charge is 0.269 e. The van der Waals surface area contributed by atoms with Gasteiger partial charge in [0, 0.05) is 35.7 Å². The molecule has 0 bridgehead atoms. The molecule has 3 aromatic rings. The van der Waals surface area contributed by atoms with E-state index in [9.17, 15) is 19.7 Å². The third-order valence-corrected chi connectivity index (χ3v) is 8.47. The lowest BCUT2D eigenvalue weighted by molar-refractivity contribution is -0.384. The summed E-state index contributed by atoms with van der Waals surface area (Å²) in [6, 6.07) is 16.6. The first-order valence-corrected chi connectivity index (χ1v) is 14.2. The zero-order valence-electron chi connectivity index (χ0n) is 22.5. The molecule has 7 nitrogen and oxygen atoms in total. The third kappa shape index (κ3) is 5.96. The molecule has 5 rings (SSSR count). The Kier molecular flexibility index (Phi) is 7.40. The lowest BCUT2D eigenvalue weighted by atomic mass is 9.85. The highest BCUT2D eigenvalue weighted by atomic mass is 32.1. The second kappa shape index (κ2) is 10.8. The van der Waals surface area contributed by atoms with Crippen molar-refractivity contribution in [3.05, 3.63) is 103 Å². The van der Waals surface area contributed by atoms with Gasteiger partial charge in [0.25, 0.3) is 5.69 Å². The van der Waals surface area contributed by atoms with Crippen molar-refractivity contribution >= 4 is 34.9 Å². The monoisotopic (exact) mass is 543 g/mol. The summed E-state index contributed by atoms with van der Waals surface area (Å²) in [5.74, 6) is -0.274. The Labute approximate surface area is 232 Å². The maximum absolute atomic E-state index is 13.8. The van der Waals surface area contributed by atoms with Gasteiger partial charge in [-0.1, -0.05) is 45.0 Å². The molecule has 0 N–H and O–H groups in total. The highest BCUT2D eigenvalue weighted by Crippen LogP contribution is 2.39. The van der Waals surface area contributed by atoms with Crippen molar-refractivity contribution in [3.63, 3.8) is 0 Å². The molecule has 2 aromatic carbocycles. The molecule has 1 aliphatic heterocycles. The minimum atomic E-state index is -0.453. The molecule has 0 saturated heterocycles. The topological polar surface area (TPSA) is 83.8 Å². The normalized spacial score (nSPS) is 17.2. The molecule has 8 heteroatoms. The predicted molar refractivity (Wildman–Crippen MR) is 154 cm³/mol. The third-order valence-electron chi connectivity index (χ3n) is 7.48. The van der Waals surface area contributed by atoms with Gasteiger partial charge in [-0.2, -0.15) is 0 Å². The van der Waals surface area contributed by atoms with E-state index in [-0.39, 0.29) is 41.5 Å². The van der Waals surface area contributed by atoms with Crippen LogP contribution in [0, 0.1) is 10.1 Å². The van der Waals surface area contributed by atoms with Gasteiger partial charge in [0.2, 0.25) is 11.8 Å². The van der Waals surface area contributed by atoms with Crippen LogP contribution >= 0.6 is 11.3 Å². The molecule has 1 aliphatic carbocycles. The fraction of sp³-hybridized carbons (Fsp3) is 0.355. The molecule has 2 aliphatic rings. The number of benzene rings is 2. The molecule has 1 unspecified atom stereocenters. The van der Waals surface area contributed by atoms with E-state index < -0.39 is 4.92 Å². The molecule has 202 valence electrons. The number of fused-ring (bicyclic) bond motifs is 1. The number of amides is 2. The summed E-state index contributed by atoms with van der Waals surface area (Å²) in [6.07, 6.45) is 5.69. The van der Waals surface area contributed by atoms with E-state index in [1.807, 2.05) is 4.90 Å². The van der Waals surface area contributed by atoms with Crippen molar-refractivity contribution < 1.29 is 14.5 Å². The van der Waals surface area contributed by atoms with Gasteiger partial charge in [-0.15, -0.1) is 11.3 Å². The minimum Gasteiger partial charge on any atom is -0.330 e. The van der Waals surface area contributed by atoms with Crippen LogP contribution < -0.4 is 0 Å². The van der Waals surface area contributed by atoms with Gasteiger partial charge in [-0.3, -0.25) is 19.7 Å². The van der Waals surface area contributed by atoms with Crippen LogP contribution in [0.3, 0.4) is 0 Å². The van der Waals surface area contributed by atoms with Crippen molar-refractivity contribution in [2.75, 3.05) is 13.1 Å². The zero-order chi connectivity index (χ0) is 27.7.